The minimum atomic E-state index is 0. The van der Waals surface area contributed by atoms with Crippen LogP contribution in [0, 0.1) is 0 Å². The molecule has 0 atom stereocenters. The molecule has 0 aromatic rings. The molecule has 0 saturated carbocycles. The van der Waals surface area contributed by atoms with Gasteiger partial charge < -0.3 is 8.33 Å². The average Bonchev–Trinajstić information content (AvgIpc) is 0. The smallest absolute Gasteiger partial charge is 0 e. The maximum Gasteiger partial charge on any atom is 0 e. The Morgan fingerprint density at radius 3 is 1.00 bits per heavy atom. The van der Waals surface area contributed by atoms with E-state index in [0.29, 0.717) is 0 Å². The van der Waals surface area contributed by atoms with E-state index < -0.39 is 0 Å². The van der Waals surface area contributed by atoms with Crippen molar-refractivity contribution >= 4 is 0 Å². The Balaban J connectivity index is 0. The van der Waals surface area contributed by atoms with Crippen molar-refractivity contribution in [3.63, 3.8) is 0 Å². The summed E-state index contributed by atoms with van der Waals surface area (Å²) in [7, 11) is 0. The third kappa shape index (κ3) is 22.6. The van der Waals surface area contributed by atoms with Crippen molar-refractivity contribution in [1.82, 2.24) is 0 Å². The van der Waals surface area contributed by atoms with E-state index in [0.717, 1.165) is 0 Å². The van der Waals surface area contributed by atoms with E-state index in [4.69, 9.17) is 0 Å². The Morgan fingerprint density at radius 2 is 1.00 bits per heavy atom. The predicted octanol–water partition coefficient (Wildman–Crippen LogP) is -6.16. The average molecular weight is 143 g/mol. The van der Waals surface area contributed by atoms with Crippen molar-refractivity contribution in [2.45, 2.75) is 0 Å². The molecule has 0 N–H and O–H groups in total. The second-order valence-corrected chi connectivity index (χ2v) is 0. The molecule has 0 heterocycles. The van der Waals surface area contributed by atoms with Gasteiger partial charge in [0.2, 0.25) is 0 Å². The van der Waals surface area contributed by atoms with Gasteiger partial charge in [-0.1, -0.05) is 0 Å². The van der Waals surface area contributed by atoms with Crippen LogP contribution in [0.1, 0.15) is 2.85 Å². The molecule has 5 heavy (non-hydrogen) atoms. The minimum Gasteiger partial charge on any atom is -2.00 e. The maximum atomic E-state index is 0. The summed E-state index contributed by atoms with van der Waals surface area (Å²) in [6.07, 6.45) is 0. The molecule has 0 unspecified atom stereocenters. The van der Waals surface area contributed by atoms with Crippen molar-refractivity contribution in [3.8, 4) is 0 Å². The molecule has 0 aliphatic rings. The monoisotopic (exact) mass is 143 g/mol. The van der Waals surface area contributed by atoms with Crippen LogP contribution >= 0.6 is 0 Å². The van der Waals surface area contributed by atoms with Gasteiger partial charge in [-0.05, 0) is 0 Å². The van der Waals surface area contributed by atoms with E-state index in [9.17, 15) is 0 Å². The molecule has 5 heteroatoms. The molecule has 0 aromatic heterocycles. The topological polar surface area (TPSA) is 28.5 Å². The van der Waals surface area contributed by atoms with Gasteiger partial charge in [0.25, 0.3) is 0 Å². The quantitative estimate of drug-likeness (QED) is 0.302. The van der Waals surface area contributed by atoms with Gasteiger partial charge in [0.1, 0.15) is 0 Å². The first-order valence-corrected chi connectivity index (χ1v) is 0. The molecule has 1 radical (unpaired) electrons. The molecule has 26 valence electrons. The van der Waals surface area contributed by atoms with Gasteiger partial charge in [-0.15, -0.1) is 0 Å². The summed E-state index contributed by atoms with van der Waals surface area (Å²) in [6.45, 7) is 0. The number of hydrogen-bond donors (Lipinski definition) is 0. The van der Waals surface area contributed by atoms with Crippen LogP contribution in [0.25, 0.3) is 0 Å². The molecule has 0 fully saturated rings. The van der Waals surface area contributed by atoms with E-state index in [1.165, 1.54) is 0 Å². The molecule has 0 rings (SSSR count). The molecule has 0 aliphatic carbocycles. The third-order valence-corrected chi connectivity index (χ3v) is 0. The fourth-order valence-electron chi connectivity index (χ4n) is 0. The third-order valence-electron chi connectivity index (χ3n) is 0. The van der Waals surface area contributed by atoms with Gasteiger partial charge in [-0.2, -0.15) is 0 Å². The molecule has 0 bridgehead atoms. The number of hydrogen-bond acceptors (Lipinski definition) is 0. The Labute approximate surface area is 79.6 Å². The second-order valence-electron chi connectivity index (χ2n) is 0. The normalized spacial score (nSPS) is 0. The minimum absolute atomic E-state index is 0. The molecule has 0 amide bonds. The van der Waals surface area contributed by atoms with E-state index >= 15 is 0 Å². The van der Waals surface area contributed by atoms with Crippen LogP contribution in [0.3, 0.4) is 0 Å². The summed E-state index contributed by atoms with van der Waals surface area (Å²) in [5.41, 5.74) is 0. The fraction of sp³-hybridized carbons (Fsp3) is 0. The van der Waals surface area contributed by atoms with Gasteiger partial charge in [0, 0.05) is 17.1 Å². The van der Waals surface area contributed by atoms with E-state index in [2.05, 4.69) is 0 Å². The Hall–Kier alpha value is 2.19. The molecule has 0 saturated heterocycles. The van der Waals surface area contributed by atoms with Crippen molar-refractivity contribution in [2.24, 2.45) is 0 Å². The van der Waals surface area contributed by atoms with Gasteiger partial charge in [0.05, 0.1) is 0 Å². The van der Waals surface area contributed by atoms with Crippen LogP contribution in [0.15, 0.2) is 0 Å². The predicted molar refractivity (Wildman–Crippen MR) is 4.31 cm³/mol. The van der Waals surface area contributed by atoms with Crippen LogP contribution in [-0.4, -0.2) is 0 Å². The summed E-state index contributed by atoms with van der Waals surface area (Å²) in [5.74, 6) is 0. The summed E-state index contributed by atoms with van der Waals surface area (Å²) >= 11 is 0. The van der Waals surface area contributed by atoms with Crippen molar-refractivity contribution in [3.05, 3.63) is 0 Å². The van der Waals surface area contributed by atoms with Gasteiger partial charge >= 0.3 is 54.8 Å². The van der Waals surface area contributed by atoms with Crippen LogP contribution in [0.2, 0.25) is 0 Å². The van der Waals surface area contributed by atoms with Crippen molar-refractivity contribution in [1.29, 1.82) is 0 Å². The van der Waals surface area contributed by atoms with E-state index in [-0.39, 0.29) is 80.2 Å². The second kappa shape index (κ2) is 34.7. The molecular formula is H3Li2Mn2O-. The zero-order chi connectivity index (χ0) is 0. The fourth-order valence-corrected chi connectivity index (χ4v) is 0. The SMILES string of the molecule is [H-].[H-].[Li+].[Li+].[MnH+].[Mn].[O-2]. The first-order chi connectivity index (χ1) is 0. The Bertz CT molecular complexity index is 13.7. The van der Waals surface area contributed by atoms with Crippen LogP contribution in [-0.2, 0) is 39.6 Å². The van der Waals surface area contributed by atoms with Crippen molar-refractivity contribution < 1.29 is 80.2 Å². The summed E-state index contributed by atoms with van der Waals surface area (Å²) in [6, 6.07) is 0. The Morgan fingerprint density at radius 1 is 1.00 bits per heavy atom. The van der Waals surface area contributed by atoms with Crippen molar-refractivity contribution in [2.75, 3.05) is 0 Å². The van der Waals surface area contributed by atoms with E-state index in [1.807, 2.05) is 0 Å². The largest absolute Gasteiger partial charge is 2.00 e. The summed E-state index contributed by atoms with van der Waals surface area (Å²) < 4.78 is 0. The van der Waals surface area contributed by atoms with Crippen LogP contribution in [0.5, 0.6) is 0 Å². The Kier molecular flexibility index (Phi) is 398. The zero-order valence-electron chi connectivity index (χ0n) is 5.19. The van der Waals surface area contributed by atoms with E-state index in [1.54, 1.807) is 0 Å². The maximum absolute atomic E-state index is 0. The molecule has 0 aliphatic heterocycles. The summed E-state index contributed by atoms with van der Waals surface area (Å²) in [4.78, 5) is 0. The molecule has 1 nitrogen and oxygen atoms in total. The van der Waals surface area contributed by atoms with Gasteiger partial charge in [0.15, 0.2) is 0 Å². The summed E-state index contributed by atoms with van der Waals surface area (Å²) in [5, 5.41) is 0. The van der Waals surface area contributed by atoms with Gasteiger partial charge in [-0.25, -0.2) is 0 Å². The standard InChI is InChI=1S/2Li.2Mn.O.3H/q2*+1;;+1;-2;;2*-1. The molecule has 0 spiro atoms. The van der Waals surface area contributed by atoms with Crippen LogP contribution in [0.4, 0.5) is 0 Å². The first-order valence-electron chi connectivity index (χ1n) is 0. The molecule has 0 aromatic carbocycles. The first kappa shape index (κ1) is 57.3. The van der Waals surface area contributed by atoms with Gasteiger partial charge in [-0.3, -0.25) is 0 Å². The molecular weight excluding hydrogens is 140 g/mol. The number of rotatable bonds is 0. The zero-order valence-corrected chi connectivity index (χ0v) is 5.65. The van der Waals surface area contributed by atoms with Crippen LogP contribution < -0.4 is 37.7 Å².